The normalized spacial score (nSPS) is 16.1. The number of hydrogen-bond donors (Lipinski definition) is 0. The second-order valence-electron chi connectivity index (χ2n) is 7.80. The first-order valence-electron chi connectivity index (χ1n) is 7.67. The molecule has 0 saturated heterocycles. The average Bonchev–Trinajstić information content (AvgIpc) is 2.37. The highest BCUT2D eigenvalue weighted by molar-refractivity contribution is 9.10. The molecule has 1 rings (SSSR count). The summed E-state index contributed by atoms with van der Waals surface area (Å²) in [4.78, 5) is 0. The Hall–Kier alpha value is 0.0700. The second kappa shape index (κ2) is 7.36. The summed E-state index contributed by atoms with van der Waals surface area (Å²) in [5.74, 6) is -1.36. The molecule has 138 valence electrons. The van der Waals surface area contributed by atoms with Crippen molar-refractivity contribution < 1.29 is 18.0 Å². The third-order valence-electron chi connectivity index (χ3n) is 4.42. The van der Waals surface area contributed by atoms with Crippen molar-refractivity contribution in [3.63, 3.8) is 0 Å². The van der Waals surface area contributed by atoms with Gasteiger partial charge in [-0.05, 0) is 56.9 Å². The number of rotatable bonds is 6. The van der Waals surface area contributed by atoms with Crippen molar-refractivity contribution in [3.05, 3.63) is 33.3 Å². The zero-order valence-corrected chi connectivity index (χ0v) is 18.5. The molecule has 7 heteroatoms. The van der Waals surface area contributed by atoms with Gasteiger partial charge in [-0.3, -0.25) is 9.09 Å². The van der Waals surface area contributed by atoms with E-state index in [0.717, 1.165) is 10.0 Å². The van der Waals surface area contributed by atoms with E-state index in [2.05, 4.69) is 15.9 Å². The molecule has 0 radical (unpaired) electrons. The minimum atomic E-state index is -4.45. The van der Waals surface area contributed by atoms with E-state index in [4.69, 9.17) is 20.9 Å². The van der Waals surface area contributed by atoms with Crippen LogP contribution in [0.1, 0.15) is 54.0 Å². The molecule has 0 aliphatic heterocycles. The molecular formula is C17H26BrClFO3P. The van der Waals surface area contributed by atoms with E-state index in [9.17, 15) is 8.76 Å². The maximum absolute atomic E-state index is 14.9. The first-order chi connectivity index (χ1) is 10.6. The van der Waals surface area contributed by atoms with Gasteiger partial charge < -0.3 is 4.74 Å². The third-order valence-corrected chi connectivity index (χ3v) is 7.97. The predicted octanol–water partition coefficient (Wildman–Crippen LogP) is 7.36. The number of halogens is 3. The van der Waals surface area contributed by atoms with Crippen LogP contribution in [-0.4, -0.2) is 10.9 Å². The summed E-state index contributed by atoms with van der Waals surface area (Å²) in [6, 6.07) is 5.36. The third kappa shape index (κ3) is 5.28. The molecule has 1 aromatic rings. The average molecular weight is 444 g/mol. The van der Waals surface area contributed by atoms with Crippen LogP contribution in [0.3, 0.4) is 0 Å². The van der Waals surface area contributed by atoms with E-state index in [1.165, 1.54) is 0 Å². The summed E-state index contributed by atoms with van der Waals surface area (Å²) in [7, 11) is -4.45. The summed E-state index contributed by atoms with van der Waals surface area (Å²) < 4.78 is 39.4. The Labute approximate surface area is 158 Å². The second-order valence-corrected chi connectivity index (χ2v) is 11.4. The van der Waals surface area contributed by atoms with Gasteiger partial charge in [-0.1, -0.05) is 48.3 Å². The molecule has 24 heavy (non-hydrogen) atoms. The molecule has 1 unspecified atom stereocenters. The molecule has 3 nitrogen and oxygen atoms in total. The fourth-order valence-corrected chi connectivity index (χ4v) is 3.96. The molecule has 0 aliphatic carbocycles. The van der Waals surface area contributed by atoms with E-state index in [-0.39, 0.29) is 6.61 Å². The molecular weight excluding hydrogens is 418 g/mol. The molecule has 0 N–H and O–H groups in total. The van der Waals surface area contributed by atoms with Gasteiger partial charge in [0, 0.05) is 9.50 Å². The van der Waals surface area contributed by atoms with Crippen molar-refractivity contribution >= 4 is 35.2 Å². The van der Waals surface area contributed by atoms with Crippen molar-refractivity contribution in [2.45, 2.75) is 66.0 Å². The first-order valence-corrected chi connectivity index (χ1v) is 10.4. The van der Waals surface area contributed by atoms with Crippen LogP contribution in [0, 0.1) is 5.41 Å². The van der Waals surface area contributed by atoms with Gasteiger partial charge in [0.05, 0.1) is 11.8 Å². The standard InChI is InChI=1S/C17H26BrClFO3P/c1-15(2,3)16(4,5)24(20,21)23-17(6,7)22-11-12-10-13(18)8-9-14(12)19/h8-10H,11H2,1-7H3. The Morgan fingerprint density at radius 1 is 1.17 bits per heavy atom. The molecule has 0 spiro atoms. The van der Waals surface area contributed by atoms with Gasteiger partial charge in [0.15, 0.2) is 5.79 Å². The smallest absolute Gasteiger partial charge is 0.345 e. The Morgan fingerprint density at radius 3 is 2.21 bits per heavy atom. The SMILES string of the molecule is CC(C)(OCc1cc(Br)ccc1Cl)OP(=O)(F)C(C)(C)C(C)(C)C. The van der Waals surface area contributed by atoms with E-state index in [0.29, 0.717) is 5.02 Å². The molecule has 0 aliphatic rings. The summed E-state index contributed by atoms with van der Waals surface area (Å²) in [6.45, 7) is 11.9. The zero-order valence-electron chi connectivity index (χ0n) is 15.2. The van der Waals surface area contributed by atoms with Crippen molar-refractivity contribution in [1.82, 2.24) is 0 Å². The van der Waals surface area contributed by atoms with Crippen LogP contribution in [0.2, 0.25) is 5.02 Å². The Balaban J connectivity index is 2.89. The van der Waals surface area contributed by atoms with Crippen molar-refractivity contribution in [3.8, 4) is 0 Å². The van der Waals surface area contributed by atoms with Gasteiger partial charge in [0.2, 0.25) is 0 Å². The Kier molecular flexibility index (Phi) is 6.78. The number of benzene rings is 1. The molecule has 1 aromatic carbocycles. The molecule has 0 saturated carbocycles. The van der Waals surface area contributed by atoms with Gasteiger partial charge in [0.25, 0.3) is 0 Å². The van der Waals surface area contributed by atoms with Gasteiger partial charge in [-0.25, -0.2) is 0 Å². The van der Waals surface area contributed by atoms with Gasteiger partial charge >= 0.3 is 7.68 Å². The van der Waals surface area contributed by atoms with Crippen LogP contribution >= 0.6 is 35.2 Å². The van der Waals surface area contributed by atoms with Crippen molar-refractivity contribution in [2.24, 2.45) is 5.41 Å². The monoisotopic (exact) mass is 442 g/mol. The molecule has 0 heterocycles. The topological polar surface area (TPSA) is 35.5 Å². The largest absolute Gasteiger partial charge is 0.375 e. The number of hydrogen-bond acceptors (Lipinski definition) is 3. The van der Waals surface area contributed by atoms with E-state index < -0.39 is 24.0 Å². The lowest BCUT2D eigenvalue weighted by atomic mass is 9.82. The van der Waals surface area contributed by atoms with Gasteiger partial charge in [-0.15, -0.1) is 0 Å². The predicted molar refractivity (Wildman–Crippen MR) is 101 cm³/mol. The van der Waals surface area contributed by atoms with Crippen LogP contribution < -0.4 is 0 Å². The van der Waals surface area contributed by atoms with E-state index in [1.54, 1.807) is 33.8 Å². The van der Waals surface area contributed by atoms with Crippen LogP contribution in [0.5, 0.6) is 0 Å². The van der Waals surface area contributed by atoms with Gasteiger partial charge in [0.1, 0.15) is 0 Å². The fraction of sp³-hybridized carbons (Fsp3) is 0.647. The van der Waals surface area contributed by atoms with Crippen molar-refractivity contribution in [1.29, 1.82) is 0 Å². The fourth-order valence-electron chi connectivity index (χ4n) is 1.73. The van der Waals surface area contributed by atoms with E-state index >= 15 is 0 Å². The van der Waals surface area contributed by atoms with Crippen molar-refractivity contribution in [2.75, 3.05) is 0 Å². The zero-order chi connectivity index (χ0) is 19.0. The van der Waals surface area contributed by atoms with Crippen LogP contribution in [0.15, 0.2) is 22.7 Å². The molecule has 0 aromatic heterocycles. The Morgan fingerprint density at radius 2 is 1.71 bits per heavy atom. The summed E-state index contributed by atoms with van der Waals surface area (Å²) in [5, 5.41) is -0.624. The highest BCUT2D eigenvalue weighted by Crippen LogP contribution is 2.68. The number of ether oxygens (including phenoxy) is 1. The van der Waals surface area contributed by atoms with Crippen LogP contribution in [0.25, 0.3) is 0 Å². The highest BCUT2D eigenvalue weighted by atomic mass is 79.9. The van der Waals surface area contributed by atoms with Crippen LogP contribution in [-0.2, 0) is 20.4 Å². The lowest BCUT2D eigenvalue weighted by Gasteiger charge is -2.42. The van der Waals surface area contributed by atoms with Gasteiger partial charge in [-0.2, -0.15) is 4.20 Å². The van der Waals surface area contributed by atoms with Crippen LogP contribution in [0.4, 0.5) is 4.20 Å². The van der Waals surface area contributed by atoms with E-state index in [1.807, 2.05) is 32.9 Å². The summed E-state index contributed by atoms with van der Waals surface area (Å²) in [6.07, 6.45) is 0. The maximum Gasteiger partial charge on any atom is 0.375 e. The minimum Gasteiger partial charge on any atom is -0.345 e. The quantitative estimate of drug-likeness (QED) is 0.340. The Bertz CT molecular complexity index is 641. The molecule has 0 fully saturated rings. The summed E-state index contributed by atoms with van der Waals surface area (Å²) in [5.41, 5.74) is 0.188. The minimum absolute atomic E-state index is 0.112. The molecule has 1 atom stereocenters. The lowest BCUT2D eigenvalue weighted by molar-refractivity contribution is -0.168. The maximum atomic E-state index is 14.9. The molecule has 0 amide bonds. The lowest BCUT2D eigenvalue weighted by Crippen LogP contribution is -2.39. The summed E-state index contributed by atoms with van der Waals surface area (Å²) >= 11 is 9.48. The first kappa shape index (κ1) is 22.1. The molecule has 0 bridgehead atoms. The highest BCUT2D eigenvalue weighted by Gasteiger charge is 2.53.